The highest BCUT2D eigenvalue weighted by atomic mass is 35.5. The molecule has 0 aliphatic heterocycles. The second-order valence-electron chi connectivity index (χ2n) is 6.11. The monoisotopic (exact) mass is 419 g/mol. The van der Waals surface area contributed by atoms with Crippen molar-refractivity contribution < 1.29 is 27.9 Å². The van der Waals surface area contributed by atoms with Crippen LogP contribution in [-0.2, 0) is 6.18 Å². The highest BCUT2D eigenvalue weighted by molar-refractivity contribution is 6.30. The molecular formula is C21H13ClF3NO3. The topological polar surface area (TPSA) is 66.4 Å². The summed E-state index contributed by atoms with van der Waals surface area (Å²) in [6, 6.07) is 14.9. The van der Waals surface area contributed by atoms with Gasteiger partial charge in [-0.3, -0.25) is 4.79 Å². The molecule has 0 saturated heterocycles. The zero-order valence-corrected chi connectivity index (χ0v) is 15.4. The second kappa shape index (κ2) is 7.97. The lowest BCUT2D eigenvalue weighted by Crippen LogP contribution is -2.15. The summed E-state index contributed by atoms with van der Waals surface area (Å²) in [6.45, 7) is 0. The van der Waals surface area contributed by atoms with Gasteiger partial charge in [-0.1, -0.05) is 29.8 Å². The molecule has 0 saturated carbocycles. The van der Waals surface area contributed by atoms with Crippen LogP contribution in [-0.4, -0.2) is 17.0 Å². The molecule has 0 unspecified atom stereocenters. The molecule has 2 N–H and O–H groups in total. The fraction of sp³-hybridized carbons (Fsp3) is 0.0476. The minimum Gasteiger partial charge on any atom is -0.478 e. The Morgan fingerprint density at radius 3 is 2.14 bits per heavy atom. The van der Waals surface area contributed by atoms with Gasteiger partial charge < -0.3 is 10.4 Å². The largest absolute Gasteiger partial charge is 0.478 e. The normalized spacial score (nSPS) is 11.2. The molecule has 1 amide bonds. The predicted molar refractivity (Wildman–Crippen MR) is 103 cm³/mol. The Balaban J connectivity index is 1.93. The summed E-state index contributed by atoms with van der Waals surface area (Å²) < 4.78 is 38.0. The van der Waals surface area contributed by atoms with Gasteiger partial charge in [0, 0.05) is 10.6 Å². The third kappa shape index (κ3) is 4.75. The molecule has 0 aromatic heterocycles. The van der Waals surface area contributed by atoms with E-state index in [1.54, 1.807) is 30.3 Å². The molecule has 29 heavy (non-hydrogen) atoms. The number of aromatic carboxylic acids is 1. The lowest BCUT2D eigenvalue weighted by Gasteiger charge is -2.12. The zero-order chi connectivity index (χ0) is 21.2. The number of nitrogens with one attached hydrogen (secondary N) is 1. The van der Waals surface area contributed by atoms with Gasteiger partial charge in [-0.15, -0.1) is 0 Å². The molecule has 0 spiro atoms. The number of hydrogen-bond acceptors (Lipinski definition) is 2. The number of alkyl halides is 3. The van der Waals surface area contributed by atoms with Crippen molar-refractivity contribution in [3.63, 3.8) is 0 Å². The van der Waals surface area contributed by atoms with Crippen molar-refractivity contribution in [2.24, 2.45) is 0 Å². The Kier molecular flexibility index (Phi) is 5.61. The Morgan fingerprint density at radius 1 is 0.897 bits per heavy atom. The Bertz CT molecular complexity index is 1080. The number of benzene rings is 3. The fourth-order valence-corrected chi connectivity index (χ4v) is 2.88. The van der Waals surface area contributed by atoms with Gasteiger partial charge in [0.05, 0.1) is 16.8 Å². The zero-order valence-electron chi connectivity index (χ0n) is 14.6. The van der Waals surface area contributed by atoms with Crippen LogP contribution in [0.2, 0.25) is 5.02 Å². The molecule has 0 bridgehead atoms. The average Bonchev–Trinajstić information content (AvgIpc) is 2.67. The van der Waals surface area contributed by atoms with Crippen LogP contribution in [0, 0.1) is 0 Å². The van der Waals surface area contributed by atoms with Gasteiger partial charge in [-0.25, -0.2) is 4.79 Å². The van der Waals surface area contributed by atoms with E-state index < -0.39 is 23.6 Å². The van der Waals surface area contributed by atoms with E-state index in [0.29, 0.717) is 16.1 Å². The van der Waals surface area contributed by atoms with Crippen LogP contribution in [0.3, 0.4) is 0 Å². The van der Waals surface area contributed by atoms with E-state index in [0.717, 1.165) is 24.3 Å². The van der Waals surface area contributed by atoms with Crippen LogP contribution in [0.1, 0.15) is 26.3 Å². The SMILES string of the molecule is O=C(Nc1cc(-c2cccc(Cl)c2)ccc1C(=O)O)c1ccc(C(F)(F)F)cc1. The first-order valence-corrected chi connectivity index (χ1v) is 8.65. The molecule has 8 heteroatoms. The fourth-order valence-electron chi connectivity index (χ4n) is 2.69. The van der Waals surface area contributed by atoms with E-state index in [2.05, 4.69) is 5.32 Å². The lowest BCUT2D eigenvalue weighted by molar-refractivity contribution is -0.137. The molecule has 3 aromatic rings. The van der Waals surface area contributed by atoms with E-state index in [-0.39, 0.29) is 16.8 Å². The molecule has 0 fully saturated rings. The van der Waals surface area contributed by atoms with E-state index in [4.69, 9.17) is 11.6 Å². The van der Waals surface area contributed by atoms with Crippen LogP contribution in [0.5, 0.6) is 0 Å². The number of amides is 1. The number of carboxylic acids is 1. The van der Waals surface area contributed by atoms with Crippen LogP contribution in [0.15, 0.2) is 66.7 Å². The summed E-state index contributed by atoms with van der Waals surface area (Å²) in [5, 5.41) is 12.3. The van der Waals surface area contributed by atoms with Crippen molar-refractivity contribution in [2.45, 2.75) is 6.18 Å². The third-order valence-corrected chi connectivity index (χ3v) is 4.37. The Hall–Kier alpha value is -3.32. The summed E-state index contributed by atoms with van der Waals surface area (Å²) in [4.78, 5) is 23.9. The maximum absolute atomic E-state index is 12.7. The van der Waals surface area contributed by atoms with Gasteiger partial charge in [0.2, 0.25) is 0 Å². The Morgan fingerprint density at radius 2 is 1.55 bits per heavy atom. The molecule has 0 radical (unpaired) electrons. The summed E-state index contributed by atoms with van der Waals surface area (Å²) >= 11 is 5.98. The number of carboxylic acid groups (broad SMARTS) is 1. The summed E-state index contributed by atoms with van der Waals surface area (Å²) in [7, 11) is 0. The maximum Gasteiger partial charge on any atom is 0.416 e. The first-order valence-electron chi connectivity index (χ1n) is 8.27. The van der Waals surface area contributed by atoms with E-state index in [1.165, 1.54) is 12.1 Å². The van der Waals surface area contributed by atoms with Gasteiger partial charge in [0.25, 0.3) is 5.91 Å². The Labute approximate surface area is 168 Å². The molecular weight excluding hydrogens is 407 g/mol. The van der Waals surface area contributed by atoms with Crippen molar-refractivity contribution in [3.05, 3.63) is 88.4 Å². The minimum absolute atomic E-state index is 0.0138. The molecule has 0 aliphatic carbocycles. The first kappa shape index (κ1) is 20.4. The second-order valence-corrected chi connectivity index (χ2v) is 6.54. The predicted octanol–water partition coefficient (Wildman–Crippen LogP) is 5.98. The van der Waals surface area contributed by atoms with Crippen molar-refractivity contribution >= 4 is 29.2 Å². The maximum atomic E-state index is 12.7. The van der Waals surface area contributed by atoms with Gasteiger partial charge in [-0.2, -0.15) is 13.2 Å². The first-order chi connectivity index (χ1) is 13.6. The van der Waals surface area contributed by atoms with Crippen LogP contribution in [0.4, 0.5) is 18.9 Å². The van der Waals surface area contributed by atoms with Gasteiger partial charge in [0.15, 0.2) is 0 Å². The van der Waals surface area contributed by atoms with Crippen molar-refractivity contribution in [3.8, 4) is 11.1 Å². The smallest absolute Gasteiger partial charge is 0.416 e. The number of rotatable bonds is 4. The van der Waals surface area contributed by atoms with Gasteiger partial charge >= 0.3 is 12.1 Å². The van der Waals surface area contributed by atoms with Gasteiger partial charge in [-0.05, 0) is 59.7 Å². The molecule has 148 valence electrons. The lowest BCUT2D eigenvalue weighted by atomic mass is 10.0. The summed E-state index contributed by atoms with van der Waals surface area (Å²) in [5.41, 5.74) is 0.251. The summed E-state index contributed by atoms with van der Waals surface area (Å²) in [6.07, 6.45) is -4.52. The number of halogens is 4. The molecule has 3 rings (SSSR count). The van der Waals surface area contributed by atoms with Crippen LogP contribution < -0.4 is 5.32 Å². The number of carbonyl (C=O) groups is 2. The minimum atomic E-state index is -4.52. The molecule has 0 heterocycles. The summed E-state index contributed by atoms with van der Waals surface area (Å²) in [5.74, 6) is -1.99. The van der Waals surface area contributed by atoms with Crippen LogP contribution >= 0.6 is 11.6 Å². The van der Waals surface area contributed by atoms with Crippen molar-refractivity contribution in [1.29, 1.82) is 0 Å². The van der Waals surface area contributed by atoms with E-state index in [1.807, 2.05) is 0 Å². The standard InChI is InChI=1S/C21H13ClF3NO3/c22-16-3-1-2-13(10-16)14-6-9-17(20(28)29)18(11-14)26-19(27)12-4-7-15(8-5-12)21(23,24)25/h1-11H,(H,26,27)(H,28,29). The molecule has 0 aliphatic rings. The third-order valence-electron chi connectivity index (χ3n) is 4.13. The van der Waals surface area contributed by atoms with Crippen molar-refractivity contribution in [2.75, 3.05) is 5.32 Å². The highest BCUT2D eigenvalue weighted by Crippen LogP contribution is 2.30. The molecule has 4 nitrogen and oxygen atoms in total. The molecule has 3 aromatic carbocycles. The van der Waals surface area contributed by atoms with E-state index in [9.17, 15) is 27.9 Å². The number of hydrogen-bond donors (Lipinski definition) is 2. The average molecular weight is 420 g/mol. The number of carbonyl (C=O) groups excluding carboxylic acids is 1. The highest BCUT2D eigenvalue weighted by Gasteiger charge is 2.30. The van der Waals surface area contributed by atoms with Crippen LogP contribution in [0.25, 0.3) is 11.1 Å². The van der Waals surface area contributed by atoms with Gasteiger partial charge in [0.1, 0.15) is 0 Å². The van der Waals surface area contributed by atoms with Crippen molar-refractivity contribution in [1.82, 2.24) is 0 Å². The van der Waals surface area contributed by atoms with E-state index >= 15 is 0 Å². The quantitative estimate of drug-likeness (QED) is 0.547. The number of anilines is 1. The molecule has 0 atom stereocenters.